The van der Waals surface area contributed by atoms with Crippen LogP contribution in [-0.4, -0.2) is 6.54 Å². The van der Waals surface area contributed by atoms with E-state index in [1.807, 2.05) is 12.1 Å². The van der Waals surface area contributed by atoms with Crippen molar-refractivity contribution in [2.75, 3.05) is 6.54 Å². The van der Waals surface area contributed by atoms with Crippen molar-refractivity contribution in [1.29, 1.82) is 0 Å². The Hall–Kier alpha value is -2.39. The normalized spacial score (nSPS) is 12.2. The third-order valence-electron chi connectivity index (χ3n) is 2.79. The van der Waals surface area contributed by atoms with Crippen LogP contribution >= 0.6 is 0 Å². The van der Waals surface area contributed by atoms with Crippen molar-refractivity contribution in [3.8, 4) is 0 Å². The molecule has 0 bridgehead atoms. The molecule has 0 unspecified atom stereocenters. The van der Waals surface area contributed by atoms with E-state index in [4.69, 9.17) is 10.2 Å². The zero-order valence-corrected chi connectivity index (χ0v) is 10.5. The van der Waals surface area contributed by atoms with Crippen LogP contribution in [0.4, 0.5) is 0 Å². The summed E-state index contributed by atoms with van der Waals surface area (Å²) in [4.78, 5) is 12.4. The number of nitrogens with two attached hydrogens (primary N) is 1. The Bertz CT molecular complexity index is 708. The molecule has 0 spiro atoms. The second-order valence-electron chi connectivity index (χ2n) is 3.99. The molecule has 1 aromatic heterocycles. The molecule has 3 nitrogen and oxygen atoms in total. The molecular weight excluding hydrogens is 238 g/mol. The summed E-state index contributed by atoms with van der Waals surface area (Å²) in [6, 6.07) is 7.16. The van der Waals surface area contributed by atoms with E-state index in [1.54, 1.807) is 36.4 Å². The second-order valence-corrected chi connectivity index (χ2v) is 3.99. The predicted octanol–water partition coefficient (Wildman–Crippen LogP) is 2.88. The standard InChI is InChI=1S/C16H15NO2/c1-2-3-4-7-12(10-17)14-11-19-15-9-6-5-8-13(15)16(14)18/h2-9,11H,1,10,17H2/b4-3-,12-7+. The molecule has 0 aliphatic rings. The molecule has 0 fully saturated rings. The SMILES string of the molecule is C=C/C=C\C=C(/CN)c1coc2ccccc2c1=O. The predicted molar refractivity (Wildman–Crippen MR) is 78.9 cm³/mol. The Labute approximate surface area is 111 Å². The second kappa shape index (κ2) is 5.98. The first-order valence-electron chi connectivity index (χ1n) is 5.97. The fraction of sp³-hybridized carbons (Fsp3) is 0.0625. The molecule has 19 heavy (non-hydrogen) atoms. The van der Waals surface area contributed by atoms with Gasteiger partial charge in [-0.2, -0.15) is 0 Å². The van der Waals surface area contributed by atoms with Gasteiger partial charge in [0.2, 0.25) is 0 Å². The van der Waals surface area contributed by atoms with E-state index in [0.717, 1.165) is 5.57 Å². The number of benzene rings is 1. The molecule has 0 saturated carbocycles. The van der Waals surface area contributed by atoms with Crippen molar-refractivity contribution in [3.05, 3.63) is 77.2 Å². The highest BCUT2D eigenvalue weighted by Crippen LogP contribution is 2.15. The minimum Gasteiger partial charge on any atom is -0.463 e. The van der Waals surface area contributed by atoms with Gasteiger partial charge in [0.05, 0.1) is 10.9 Å². The molecule has 0 amide bonds. The Morgan fingerprint density at radius 3 is 2.84 bits per heavy atom. The Kier molecular flexibility index (Phi) is 4.11. The molecule has 3 heteroatoms. The highest BCUT2D eigenvalue weighted by Gasteiger charge is 2.09. The van der Waals surface area contributed by atoms with Crippen LogP contribution in [0.3, 0.4) is 0 Å². The summed E-state index contributed by atoms with van der Waals surface area (Å²) in [6.07, 6.45) is 8.49. The van der Waals surface area contributed by atoms with Gasteiger partial charge in [-0.1, -0.05) is 43.0 Å². The van der Waals surface area contributed by atoms with E-state index in [9.17, 15) is 4.79 Å². The molecule has 96 valence electrons. The maximum absolute atomic E-state index is 12.4. The first-order chi connectivity index (χ1) is 9.27. The van der Waals surface area contributed by atoms with Gasteiger partial charge in [0.1, 0.15) is 11.8 Å². The Morgan fingerprint density at radius 1 is 1.32 bits per heavy atom. The first-order valence-corrected chi connectivity index (χ1v) is 5.97. The van der Waals surface area contributed by atoms with Crippen LogP contribution in [0.15, 0.2) is 70.6 Å². The van der Waals surface area contributed by atoms with Crippen LogP contribution in [0.2, 0.25) is 0 Å². The minimum absolute atomic E-state index is 0.0643. The van der Waals surface area contributed by atoms with Gasteiger partial charge in [0, 0.05) is 6.54 Å². The quantitative estimate of drug-likeness (QED) is 0.852. The topological polar surface area (TPSA) is 56.2 Å². The molecule has 2 aromatic rings. The first kappa shape index (κ1) is 13.1. The van der Waals surface area contributed by atoms with Gasteiger partial charge >= 0.3 is 0 Å². The zero-order chi connectivity index (χ0) is 13.7. The summed E-state index contributed by atoms with van der Waals surface area (Å²) in [7, 11) is 0. The summed E-state index contributed by atoms with van der Waals surface area (Å²) in [5, 5.41) is 0.562. The third kappa shape index (κ3) is 2.72. The molecule has 0 atom stereocenters. The summed E-state index contributed by atoms with van der Waals surface area (Å²) in [6.45, 7) is 3.86. The molecule has 0 aliphatic carbocycles. The van der Waals surface area contributed by atoms with Crippen molar-refractivity contribution in [1.82, 2.24) is 0 Å². The van der Waals surface area contributed by atoms with Crippen LogP contribution in [0.5, 0.6) is 0 Å². The maximum Gasteiger partial charge on any atom is 0.200 e. The number of rotatable bonds is 4. The van der Waals surface area contributed by atoms with Gasteiger partial charge < -0.3 is 10.2 Å². The van der Waals surface area contributed by atoms with Crippen LogP contribution in [-0.2, 0) is 0 Å². The van der Waals surface area contributed by atoms with Crippen molar-refractivity contribution in [2.24, 2.45) is 5.73 Å². The van der Waals surface area contributed by atoms with E-state index < -0.39 is 0 Å². The third-order valence-corrected chi connectivity index (χ3v) is 2.79. The molecule has 0 aliphatic heterocycles. The van der Waals surface area contributed by atoms with E-state index in [-0.39, 0.29) is 12.0 Å². The molecular formula is C16H15NO2. The minimum atomic E-state index is -0.0643. The van der Waals surface area contributed by atoms with E-state index in [2.05, 4.69) is 6.58 Å². The number of hydrogen-bond donors (Lipinski definition) is 1. The molecule has 0 radical (unpaired) electrons. The smallest absolute Gasteiger partial charge is 0.200 e. The van der Waals surface area contributed by atoms with Gasteiger partial charge in [0.15, 0.2) is 5.43 Å². The van der Waals surface area contributed by atoms with Crippen LogP contribution < -0.4 is 11.2 Å². The molecule has 1 heterocycles. The lowest BCUT2D eigenvalue weighted by atomic mass is 10.1. The van der Waals surface area contributed by atoms with Crippen molar-refractivity contribution >= 4 is 16.5 Å². The summed E-state index contributed by atoms with van der Waals surface area (Å²) < 4.78 is 5.47. The van der Waals surface area contributed by atoms with E-state index >= 15 is 0 Å². The van der Waals surface area contributed by atoms with Gasteiger partial charge in [-0.15, -0.1) is 0 Å². The summed E-state index contributed by atoms with van der Waals surface area (Å²) in [5.41, 5.74) is 7.43. The van der Waals surface area contributed by atoms with E-state index in [0.29, 0.717) is 16.5 Å². The van der Waals surface area contributed by atoms with Crippen LogP contribution in [0.1, 0.15) is 5.56 Å². The average Bonchev–Trinajstić information content (AvgIpc) is 2.45. The molecule has 0 saturated heterocycles. The number of para-hydroxylation sites is 1. The van der Waals surface area contributed by atoms with Gasteiger partial charge in [-0.3, -0.25) is 4.79 Å². The van der Waals surface area contributed by atoms with Gasteiger partial charge in [0.25, 0.3) is 0 Å². The van der Waals surface area contributed by atoms with Crippen LogP contribution in [0, 0.1) is 0 Å². The van der Waals surface area contributed by atoms with Crippen LogP contribution in [0.25, 0.3) is 16.5 Å². The van der Waals surface area contributed by atoms with Gasteiger partial charge in [-0.25, -0.2) is 0 Å². The fourth-order valence-corrected chi connectivity index (χ4v) is 1.82. The monoisotopic (exact) mass is 253 g/mol. The maximum atomic E-state index is 12.4. The number of hydrogen-bond acceptors (Lipinski definition) is 3. The van der Waals surface area contributed by atoms with Gasteiger partial charge in [-0.05, 0) is 17.7 Å². The lowest BCUT2D eigenvalue weighted by molar-refractivity contribution is 0.600. The van der Waals surface area contributed by atoms with E-state index in [1.165, 1.54) is 6.26 Å². The fourth-order valence-electron chi connectivity index (χ4n) is 1.82. The van der Waals surface area contributed by atoms with Crippen molar-refractivity contribution in [3.63, 3.8) is 0 Å². The lowest BCUT2D eigenvalue weighted by Crippen LogP contribution is -2.12. The molecule has 1 aromatic carbocycles. The lowest BCUT2D eigenvalue weighted by Gasteiger charge is -2.04. The van der Waals surface area contributed by atoms with Crippen molar-refractivity contribution in [2.45, 2.75) is 0 Å². The summed E-state index contributed by atoms with van der Waals surface area (Å²) >= 11 is 0. The molecule has 2 rings (SSSR count). The van der Waals surface area contributed by atoms with Crippen molar-refractivity contribution < 1.29 is 4.42 Å². The molecule has 2 N–H and O–H groups in total. The zero-order valence-electron chi connectivity index (χ0n) is 10.5. The average molecular weight is 253 g/mol. The highest BCUT2D eigenvalue weighted by atomic mass is 16.3. The number of allylic oxidation sites excluding steroid dienone is 4. The Balaban J connectivity index is 2.58. The largest absolute Gasteiger partial charge is 0.463 e. The number of fused-ring (bicyclic) bond motifs is 1. The Morgan fingerprint density at radius 2 is 2.11 bits per heavy atom. The highest BCUT2D eigenvalue weighted by molar-refractivity contribution is 5.81. The summed E-state index contributed by atoms with van der Waals surface area (Å²) in [5.74, 6) is 0.